The third-order valence-corrected chi connectivity index (χ3v) is 9.66. The molecule has 0 radical (unpaired) electrons. The van der Waals surface area contributed by atoms with Crippen LogP contribution in [0.2, 0.25) is 5.02 Å². The zero-order valence-electron chi connectivity index (χ0n) is 27.9. The molecule has 0 aromatic heterocycles. The fraction of sp³-hybridized carbons (Fsp3) is 0.562. The predicted octanol–water partition coefficient (Wildman–Crippen LogP) is 0.973. The first-order valence-electron chi connectivity index (χ1n) is 15.6. The van der Waals surface area contributed by atoms with Crippen LogP contribution >= 0.6 is 24.2 Å². The quantitative estimate of drug-likeness (QED) is 0.105. The summed E-state index contributed by atoms with van der Waals surface area (Å²) >= 11 is 10.7. The van der Waals surface area contributed by atoms with E-state index >= 15 is 0 Å². The van der Waals surface area contributed by atoms with Crippen molar-refractivity contribution < 1.29 is 48.3 Å². The highest BCUT2D eigenvalue weighted by Gasteiger charge is 2.65. The molecule has 0 unspecified atom stereocenters. The molecular weight excluding hydrogens is 682 g/mol. The van der Waals surface area contributed by atoms with E-state index in [-0.39, 0.29) is 23.6 Å². The van der Waals surface area contributed by atoms with Crippen molar-refractivity contribution in [3.63, 3.8) is 0 Å². The number of esters is 1. The number of nitrogens with zero attached hydrogens (tertiary/aromatic N) is 2. The number of fused-ring (bicyclic) bond motifs is 5. The Balaban J connectivity index is 1.76. The summed E-state index contributed by atoms with van der Waals surface area (Å²) < 4.78 is 22.6. The molecule has 0 saturated carbocycles. The lowest BCUT2D eigenvalue weighted by Gasteiger charge is -2.41. The second-order valence-electron chi connectivity index (χ2n) is 12.6. The molecule has 3 amide bonds. The van der Waals surface area contributed by atoms with Crippen LogP contribution in [0.15, 0.2) is 35.9 Å². The highest BCUT2D eigenvalue weighted by atomic mass is 35.5. The van der Waals surface area contributed by atoms with Crippen molar-refractivity contribution in [3.8, 4) is 5.75 Å². The topological polar surface area (TPSA) is 220 Å². The number of aliphatic hydroxyl groups is 2. The Bertz CT molecular complexity index is 1530. The molecule has 3 aliphatic heterocycles. The van der Waals surface area contributed by atoms with Crippen LogP contribution in [0.1, 0.15) is 38.7 Å². The number of aliphatic hydroxyl groups excluding tert-OH is 1. The number of thiol groups is 1. The van der Waals surface area contributed by atoms with Crippen LogP contribution < -0.4 is 26.4 Å². The number of likely N-dealkylation sites (N-methyl/N-ethyl adjacent to an activating group) is 1. The van der Waals surface area contributed by atoms with Crippen LogP contribution in [0.25, 0.3) is 0 Å². The standard InChI is InChI=1S/C32H44ClN5O10S/c1-16-7-6-8-22(39)31(44)15-21(46-30(43)36-31)17(2)27-32(35,48-27)23(47-29(42)28(34)38(4)24(40)9-10-49)14-25(41)37(3)19-12-18(11-16)13-20(45-5)26(19)33/h6-8,12-13,17,21-23,27-28,39,44,49H,9-11,14-15,34-35H2,1-5H3,(H,36,43)/b8-6+,16-7+/t17-,21+,22-,23+,27+,28-,31+,32+/m1/s1. The first-order chi connectivity index (χ1) is 22.9. The molecule has 2 fully saturated rings. The van der Waals surface area contributed by atoms with Crippen molar-refractivity contribution in [1.29, 1.82) is 0 Å². The van der Waals surface area contributed by atoms with Gasteiger partial charge in [0.2, 0.25) is 11.8 Å². The summed E-state index contributed by atoms with van der Waals surface area (Å²) in [6, 6.07) is 3.43. The number of hydrogen-bond acceptors (Lipinski definition) is 13. The highest BCUT2D eigenvalue weighted by Crippen LogP contribution is 2.46. The van der Waals surface area contributed by atoms with Gasteiger partial charge in [0.15, 0.2) is 23.7 Å². The number of epoxide rings is 1. The zero-order valence-corrected chi connectivity index (χ0v) is 29.6. The lowest BCUT2D eigenvalue weighted by molar-refractivity contribution is -0.162. The number of nitrogens with one attached hydrogen (secondary N) is 1. The lowest BCUT2D eigenvalue weighted by atomic mass is 9.86. The van der Waals surface area contributed by atoms with Gasteiger partial charge in [-0.2, -0.15) is 12.6 Å². The monoisotopic (exact) mass is 725 g/mol. The zero-order chi connectivity index (χ0) is 36.4. The van der Waals surface area contributed by atoms with Gasteiger partial charge in [0.1, 0.15) is 29.1 Å². The van der Waals surface area contributed by atoms with E-state index in [1.165, 1.54) is 32.2 Å². The third kappa shape index (κ3) is 8.33. The third-order valence-electron chi connectivity index (χ3n) is 9.05. The van der Waals surface area contributed by atoms with Gasteiger partial charge in [-0.05, 0) is 36.8 Å². The summed E-state index contributed by atoms with van der Waals surface area (Å²) in [4.78, 5) is 54.5. The number of carbonyl (C=O) groups excluding carboxylic acids is 4. The summed E-state index contributed by atoms with van der Waals surface area (Å²) in [7, 11) is 4.26. The smallest absolute Gasteiger partial charge is 0.409 e. The van der Waals surface area contributed by atoms with Crippen LogP contribution in [-0.4, -0.2) is 108 Å². The molecule has 7 N–H and O–H groups in total. The SMILES string of the molecule is COc1cc2cc(c1Cl)N(C)C(=O)C[C@H](OC(=O)[C@H](N)N(C)C(=O)CCS)[C@]1(N)O[C@H]1[C@H](C)[C@@H]1C[C@@](O)(NC(=O)O1)[C@H](O)/C=C/C=C(\C)C2. The second-order valence-corrected chi connectivity index (χ2v) is 13.4. The predicted molar refractivity (Wildman–Crippen MR) is 182 cm³/mol. The molecular formula is C32H44ClN5O10S. The van der Waals surface area contributed by atoms with Crippen molar-refractivity contribution >= 4 is 53.8 Å². The van der Waals surface area contributed by atoms with E-state index in [4.69, 9.17) is 42.0 Å². The molecule has 0 spiro atoms. The molecule has 0 aliphatic carbocycles. The summed E-state index contributed by atoms with van der Waals surface area (Å²) in [5.41, 5.74) is 10.7. The van der Waals surface area contributed by atoms with Gasteiger partial charge in [0.25, 0.3) is 0 Å². The van der Waals surface area contributed by atoms with Crippen LogP contribution in [0.3, 0.4) is 0 Å². The molecule has 4 bridgehead atoms. The largest absolute Gasteiger partial charge is 0.495 e. The van der Waals surface area contributed by atoms with E-state index in [0.29, 0.717) is 17.9 Å². The van der Waals surface area contributed by atoms with E-state index in [9.17, 15) is 29.4 Å². The van der Waals surface area contributed by atoms with Crippen LogP contribution in [-0.2, 0) is 35.0 Å². The highest BCUT2D eigenvalue weighted by molar-refractivity contribution is 7.80. The van der Waals surface area contributed by atoms with Gasteiger partial charge in [-0.3, -0.25) is 20.6 Å². The molecule has 4 rings (SSSR count). The van der Waals surface area contributed by atoms with E-state index < -0.39 is 78.2 Å². The maximum Gasteiger partial charge on any atom is 0.409 e. The molecule has 8 atom stereocenters. The molecule has 2 saturated heterocycles. The van der Waals surface area contributed by atoms with Gasteiger partial charge >= 0.3 is 12.1 Å². The Morgan fingerprint density at radius 1 is 1.33 bits per heavy atom. The number of benzene rings is 1. The number of methoxy groups -OCH3 is 1. The molecule has 3 aliphatic rings. The number of nitrogens with two attached hydrogens (primary N) is 2. The number of rotatable bonds is 6. The Morgan fingerprint density at radius 3 is 2.67 bits per heavy atom. The van der Waals surface area contributed by atoms with E-state index in [1.54, 1.807) is 31.2 Å². The minimum atomic E-state index is -2.11. The van der Waals surface area contributed by atoms with Crippen LogP contribution in [0, 0.1) is 5.92 Å². The molecule has 270 valence electrons. The Morgan fingerprint density at radius 2 is 2.02 bits per heavy atom. The average molecular weight is 726 g/mol. The first kappa shape index (κ1) is 38.4. The molecule has 1 aromatic rings. The van der Waals surface area contributed by atoms with Gasteiger partial charge < -0.3 is 44.7 Å². The number of ether oxygens (including phenoxy) is 4. The number of hydrogen-bond donors (Lipinski definition) is 6. The maximum absolute atomic E-state index is 13.9. The fourth-order valence-electron chi connectivity index (χ4n) is 5.91. The van der Waals surface area contributed by atoms with Crippen molar-refractivity contribution in [2.75, 3.05) is 31.9 Å². The molecule has 15 nitrogen and oxygen atoms in total. The average Bonchev–Trinajstić information content (AvgIpc) is 3.74. The first-order valence-corrected chi connectivity index (χ1v) is 16.6. The fourth-order valence-corrected chi connectivity index (χ4v) is 6.41. The number of alkyl carbamates (subject to hydrolysis) is 1. The van der Waals surface area contributed by atoms with Gasteiger partial charge in [-0.15, -0.1) is 0 Å². The number of allylic oxidation sites excluding steroid dienone is 3. The lowest BCUT2D eigenvalue weighted by Crippen LogP contribution is -2.63. The van der Waals surface area contributed by atoms with Crippen molar-refractivity contribution in [1.82, 2.24) is 10.2 Å². The molecule has 1 aromatic carbocycles. The number of anilines is 1. The summed E-state index contributed by atoms with van der Waals surface area (Å²) in [5.74, 6) is -2.29. The number of carbonyl (C=O) groups is 4. The van der Waals surface area contributed by atoms with Crippen LogP contribution in [0.5, 0.6) is 5.75 Å². The number of halogens is 1. The summed E-state index contributed by atoms with van der Waals surface area (Å²) in [5, 5.41) is 24.7. The Labute approximate surface area is 294 Å². The molecule has 17 heteroatoms. The van der Waals surface area contributed by atoms with Gasteiger partial charge in [-0.25, -0.2) is 9.59 Å². The van der Waals surface area contributed by atoms with Crippen molar-refractivity contribution in [3.05, 3.63) is 46.5 Å². The van der Waals surface area contributed by atoms with E-state index in [2.05, 4.69) is 17.9 Å². The van der Waals surface area contributed by atoms with E-state index in [1.807, 2.05) is 6.92 Å². The minimum Gasteiger partial charge on any atom is -0.495 e. The van der Waals surface area contributed by atoms with Crippen LogP contribution in [0.4, 0.5) is 10.5 Å². The normalized spacial score (nSPS) is 32.8. The molecule has 3 heterocycles. The van der Waals surface area contributed by atoms with Gasteiger partial charge in [0, 0.05) is 32.9 Å². The van der Waals surface area contributed by atoms with Crippen molar-refractivity contribution in [2.45, 2.75) is 81.6 Å². The van der Waals surface area contributed by atoms with Gasteiger partial charge in [0.05, 0.1) is 19.2 Å². The molecule has 49 heavy (non-hydrogen) atoms. The van der Waals surface area contributed by atoms with Crippen molar-refractivity contribution in [2.24, 2.45) is 17.4 Å². The van der Waals surface area contributed by atoms with Gasteiger partial charge in [-0.1, -0.05) is 42.3 Å². The summed E-state index contributed by atoms with van der Waals surface area (Å²) in [6.45, 7) is 3.48. The summed E-state index contributed by atoms with van der Waals surface area (Å²) in [6.07, 6.45) is -3.25. The minimum absolute atomic E-state index is 0.0151. The van der Waals surface area contributed by atoms with E-state index in [0.717, 1.165) is 16.0 Å². The second kappa shape index (κ2) is 15.2. The Hall–Kier alpha value is -3.38. The number of amides is 3. The maximum atomic E-state index is 13.9. The Kier molecular flexibility index (Phi) is 12.0.